The van der Waals surface area contributed by atoms with Crippen LogP contribution in [-0.2, 0) is 4.74 Å². The van der Waals surface area contributed by atoms with Gasteiger partial charge in [-0.05, 0) is 42.7 Å². The maximum absolute atomic E-state index is 15.0. The molecule has 2 aromatic heterocycles. The molecule has 1 saturated heterocycles. The number of halogens is 2. The molecule has 1 N–H and O–H groups in total. The summed E-state index contributed by atoms with van der Waals surface area (Å²) in [5, 5.41) is 10.0. The maximum atomic E-state index is 15.0. The zero-order chi connectivity index (χ0) is 30.3. The van der Waals surface area contributed by atoms with E-state index in [0.717, 1.165) is 0 Å². The first-order valence-electron chi connectivity index (χ1n) is 13.4. The highest BCUT2D eigenvalue weighted by Gasteiger charge is 2.31. The Labute approximate surface area is 245 Å². The number of hydrogen-bond donors (Lipinski definition) is 1. The summed E-state index contributed by atoms with van der Waals surface area (Å²) in [6, 6.07) is 12.3. The Morgan fingerprint density at radius 2 is 1.86 bits per heavy atom. The van der Waals surface area contributed by atoms with Gasteiger partial charge in [0, 0.05) is 31.2 Å². The van der Waals surface area contributed by atoms with Gasteiger partial charge in [0.1, 0.15) is 11.6 Å². The van der Waals surface area contributed by atoms with Gasteiger partial charge >= 0.3 is 17.8 Å². The van der Waals surface area contributed by atoms with Crippen molar-refractivity contribution in [3.05, 3.63) is 81.0 Å². The molecule has 218 valence electrons. The van der Waals surface area contributed by atoms with Crippen LogP contribution in [0.4, 0.5) is 15.0 Å². The lowest BCUT2D eigenvalue weighted by Gasteiger charge is -2.39. The second-order valence-corrected chi connectivity index (χ2v) is 10.8. The van der Waals surface area contributed by atoms with Crippen molar-refractivity contribution in [3.63, 3.8) is 0 Å². The third-order valence-electron chi connectivity index (χ3n) is 7.42. The van der Waals surface area contributed by atoms with Crippen molar-refractivity contribution >= 4 is 40.5 Å². The zero-order valence-corrected chi connectivity index (χ0v) is 24.2. The first-order chi connectivity index (χ1) is 20.0. The Morgan fingerprint density at radius 3 is 2.50 bits per heavy atom. The first kappa shape index (κ1) is 29.0. The second-order valence-electron chi connectivity index (χ2n) is 10.4. The summed E-state index contributed by atoms with van der Waals surface area (Å²) in [4.78, 5) is 50.9. The third-order valence-corrected chi connectivity index (χ3v) is 7.71. The molecule has 10 nitrogen and oxygen atoms in total. The smallest absolute Gasteiger partial charge is 0.407 e. The molecule has 1 amide bonds. The van der Waals surface area contributed by atoms with Gasteiger partial charge in [0.25, 0.3) is 0 Å². The lowest BCUT2D eigenvalue weighted by molar-refractivity contribution is 0.0600. The van der Waals surface area contributed by atoms with Gasteiger partial charge in [0.15, 0.2) is 5.65 Å². The summed E-state index contributed by atoms with van der Waals surface area (Å²) >= 11 is 6.72. The van der Waals surface area contributed by atoms with Crippen molar-refractivity contribution in [2.45, 2.75) is 32.7 Å². The lowest BCUT2D eigenvalue weighted by Crippen LogP contribution is -2.54. The number of aromatic nitrogens is 3. The SMILES string of the molecule is COC(=O)c1cccc(C(C)C)c1-n1c(=O)nc(N2CCN(C(=O)O)C[C@@H]2C)c2cc(Cl)c(-c3ccccc3F)nc21. The summed E-state index contributed by atoms with van der Waals surface area (Å²) in [5.41, 5.74) is 0.689. The molecule has 2 aromatic carbocycles. The highest BCUT2D eigenvalue weighted by molar-refractivity contribution is 6.33. The average Bonchev–Trinajstić information content (AvgIpc) is 2.96. The molecule has 4 aromatic rings. The Bertz CT molecular complexity index is 1780. The number of fused-ring (bicyclic) bond motifs is 1. The van der Waals surface area contributed by atoms with Gasteiger partial charge in [-0.25, -0.2) is 28.3 Å². The number of amides is 1. The quantitative estimate of drug-likeness (QED) is 0.308. The fourth-order valence-corrected chi connectivity index (χ4v) is 5.62. The van der Waals surface area contributed by atoms with Gasteiger partial charge in [-0.2, -0.15) is 4.98 Å². The predicted molar refractivity (Wildman–Crippen MR) is 157 cm³/mol. The fourth-order valence-electron chi connectivity index (χ4n) is 5.37. The number of piperazine rings is 1. The van der Waals surface area contributed by atoms with Crippen LogP contribution in [0.5, 0.6) is 0 Å². The molecule has 0 radical (unpaired) electrons. The normalized spacial score (nSPS) is 15.4. The van der Waals surface area contributed by atoms with E-state index in [1.54, 1.807) is 36.4 Å². The van der Waals surface area contributed by atoms with Crippen molar-refractivity contribution < 1.29 is 23.8 Å². The number of nitrogens with zero attached hydrogens (tertiary/aromatic N) is 5. The van der Waals surface area contributed by atoms with E-state index in [4.69, 9.17) is 21.3 Å². The number of pyridine rings is 1. The number of esters is 1. The van der Waals surface area contributed by atoms with E-state index >= 15 is 0 Å². The number of para-hydroxylation sites is 1. The largest absolute Gasteiger partial charge is 0.465 e. The summed E-state index contributed by atoms with van der Waals surface area (Å²) in [6.07, 6.45) is -1.03. The Kier molecular flexibility index (Phi) is 7.87. The molecule has 1 fully saturated rings. The molecule has 5 rings (SSSR count). The molecule has 1 aliphatic heterocycles. The monoisotopic (exact) mass is 593 g/mol. The summed E-state index contributed by atoms with van der Waals surface area (Å²) in [7, 11) is 1.25. The molecule has 12 heteroatoms. The molecule has 0 spiro atoms. The molecule has 1 aliphatic rings. The van der Waals surface area contributed by atoms with Crippen molar-refractivity contribution in [3.8, 4) is 16.9 Å². The Morgan fingerprint density at radius 1 is 1.12 bits per heavy atom. The maximum Gasteiger partial charge on any atom is 0.407 e. The van der Waals surface area contributed by atoms with Gasteiger partial charge < -0.3 is 19.6 Å². The van der Waals surface area contributed by atoms with Crippen LogP contribution >= 0.6 is 11.6 Å². The summed E-state index contributed by atoms with van der Waals surface area (Å²) < 4.78 is 21.3. The number of benzene rings is 2. The molecule has 1 atom stereocenters. The molecular formula is C30H29ClFN5O5. The van der Waals surface area contributed by atoms with Crippen LogP contribution in [0.15, 0.2) is 53.3 Å². The van der Waals surface area contributed by atoms with Gasteiger partial charge in [-0.3, -0.25) is 0 Å². The standard InChI is InChI=1S/C30H29ClFN5O5/c1-16(2)18-9-7-10-20(28(38)42-4)25(18)37-27-21(14-22(31)24(33-27)19-8-5-6-11-23(19)32)26(34-29(37)39)36-13-12-35(30(40)41)15-17(36)3/h5-11,14,16-17H,12-13,15H2,1-4H3,(H,40,41)/t17-/m0/s1. The molecule has 3 heterocycles. The molecule has 0 aliphatic carbocycles. The minimum atomic E-state index is -1.03. The number of anilines is 1. The van der Waals surface area contributed by atoms with Gasteiger partial charge in [-0.15, -0.1) is 0 Å². The molecule has 0 bridgehead atoms. The van der Waals surface area contributed by atoms with Crippen LogP contribution in [0.1, 0.15) is 42.6 Å². The predicted octanol–water partition coefficient (Wildman–Crippen LogP) is 5.34. The van der Waals surface area contributed by atoms with E-state index in [2.05, 4.69) is 4.98 Å². The second kappa shape index (κ2) is 11.4. The molecule has 0 saturated carbocycles. The van der Waals surface area contributed by atoms with E-state index in [0.29, 0.717) is 10.9 Å². The van der Waals surface area contributed by atoms with E-state index in [1.807, 2.05) is 25.7 Å². The first-order valence-corrected chi connectivity index (χ1v) is 13.8. The highest BCUT2D eigenvalue weighted by atomic mass is 35.5. The topological polar surface area (TPSA) is 118 Å². The number of hydrogen-bond acceptors (Lipinski definition) is 7. The van der Waals surface area contributed by atoms with Crippen molar-refractivity contribution in [2.24, 2.45) is 0 Å². The van der Waals surface area contributed by atoms with Crippen LogP contribution in [0.2, 0.25) is 5.02 Å². The van der Waals surface area contributed by atoms with Gasteiger partial charge in [0.2, 0.25) is 0 Å². The molecule has 42 heavy (non-hydrogen) atoms. The van der Waals surface area contributed by atoms with E-state index in [1.165, 1.54) is 28.7 Å². The van der Waals surface area contributed by atoms with Crippen LogP contribution in [0, 0.1) is 5.82 Å². The lowest BCUT2D eigenvalue weighted by atomic mass is 9.97. The van der Waals surface area contributed by atoms with Crippen molar-refractivity contribution in [1.82, 2.24) is 19.4 Å². The van der Waals surface area contributed by atoms with Crippen LogP contribution in [0.25, 0.3) is 28.0 Å². The third kappa shape index (κ3) is 5.04. The minimum Gasteiger partial charge on any atom is -0.465 e. The van der Waals surface area contributed by atoms with Crippen LogP contribution < -0.4 is 10.6 Å². The molecular weight excluding hydrogens is 565 g/mol. The summed E-state index contributed by atoms with van der Waals surface area (Å²) in [5.74, 6) is -1.06. The van der Waals surface area contributed by atoms with Crippen molar-refractivity contribution in [2.75, 3.05) is 31.6 Å². The van der Waals surface area contributed by atoms with Crippen molar-refractivity contribution in [1.29, 1.82) is 0 Å². The number of methoxy groups -OCH3 is 1. The van der Waals surface area contributed by atoms with E-state index in [9.17, 15) is 23.9 Å². The number of rotatable bonds is 5. The van der Waals surface area contributed by atoms with E-state index in [-0.39, 0.29) is 70.6 Å². The highest BCUT2D eigenvalue weighted by Crippen LogP contribution is 2.36. The van der Waals surface area contributed by atoms with E-state index < -0.39 is 23.6 Å². The summed E-state index contributed by atoms with van der Waals surface area (Å²) in [6.45, 7) is 6.34. The number of carbonyl (C=O) groups excluding carboxylic acids is 1. The number of carbonyl (C=O) groups is 2. The number of carboxylic acid groups (broad SMARTS) is 1. The average molecular weight is 594 g/mol. The molecule has 0 unspecified atom stereocenters. The van der Waals surface area contributed by atoms with Gasteiger partial charge in [-0.1, -0.05) is 49.7 Å². The van der Waals surface area contributed by atoms with Crippen LogP contribution in [0.3, 0.4) is 0 Å². The van der Waals surface area contributed by atoms with Crippen LogP contribution in [-0.4, -0.2) is 69.4 Å². The zero-order valence-electron chi connectivity index (χ0n) is 23.5. The Balaban J connectivity index is 1.88. The fraction of sp³-hybridized carbons (Fsp3) is 0.300. The Hall–Kier alpha value is -4.51. The number of ether oxygens (including phenoxy) is 1. The minimum absolute atomic E-state index is 0.109. The van der Waals surface area contributed by atoms with Gasteiger partial charge in [0.05, 0.1) is 34.5 Å².